The summed E-state index contributed by atoms with van der Waals surface area (Å²) < 4.78 is 6.00. The van der Waals surface area contributed by atoms with Gasteiger partial charge in [-0.2, -0.15) is 0 Å². The van der Waals surface area contributed by atoms with E-state index < -0.39 is 51.2 Å². The molecule has 5 aliphatic carbocycles. The largest absolute Gasteiger partial charge is 0.458 e. The predicted octanol–water partition coefficient (Wildman–Crippen LogP) is 3.19. The second-order valence-electron chi connectivity index (χ2n) is 14.5. The van der Waals surface area contributed by atoms with Gasteiger partial charge in [0.25, 0.3) is 0 Å². The smallest absolute Gasteiger partial charge is 0.309 e. The van der Waals surface area contributed by atoms with Gasteiger partial charge >= 0.3 is 5.97 Å². The van der Waals surface area contributed by atoms with Crippen LogP contribution in [0.5, 0.6) is 0 Å². The number of rotatable bonds is 0. The number of esters is 1. The summed E-state index contributed by atoms with van der Waals surface area (Å²) in [4.78, 5) is 54.5. The molecule has 202 valence electrons. The Balaban J connectivity index is 1.59. The number of Topliss-reactive ketones (excluding diaryl/α,β-unsaturated/α-hetero) is 3. The lowest BCUT2D eigenvalue weighted by molar-refractivity contribution is -0.159. The SMILES string of the molecule is CC1C[C@]2(C[C@@H](C)C(=O)O2)C2C(=O)C3(C)C4=C(C(=O)[C@@H](O)[C@]3(C)C12)[C@@]1(C)CCC(=O)C(C)(C)C1C[C@@H]4O. The van der Waals surface area contributed by atoms with Crippen molar-refractivity contribution in [1.29, 1.82) is 0 Å². The maximum Gasteiger partial charge on any atom is 0.309 e. The Morgan fingerprint density at radius 2 is 1.59 bits per heavy atom. The maximum atomic E-state index is 14.8. The van der Waals surface area contributed by atoms with Gasteiger partial charge in [0, 0.05) is 34.7 Å². The second kappa shape index (κ2) is 7.01. The second-order valence-corrected chi connectivity index (χ2v) is 14.5. The minimum Gasteiger partial charge on any atom is -0.458 e. The van der Waals surface area contributed by atoms with E-state index in [1.807, 2.05) is 48.5 Å². The summed E-state index contributed by atoms with van der Waals surface area (Å²) in [6, 6.07) is 0. The molecule has 4 fully saturated rings. The number of hydrogen-bond acceptors (Lipinski definition) is 7. The lowest BCUT2D eigenvalue weighted by Crippen LogP contribution is -2.64. The van der Waals surface area contributed by atoms with Gasteiger partial charge in [0.1, 0.15) is 17.5 Å². The van der Waals surface area contributed by atoms with E-state index in [4.69, 9.17) is 4.74 Å². The summed E-state index contributed by atoms with van der Waals surface area (Å²) in [5.41, 5.74) is -4.01. The number of fused-ring (bicyclic) bond motifs is 7. The molecule has 0 bridgehead atoms. The highest BCUT2D eigenvalue weighted by atomic mass is 16.6. The first-order valence-electron chi connectivity index (χ1n) is 14.0. The lowest BCUT2D eigenvalue weighted by atomic mass is 9.42. The van der Waals surface area contributed by atoms with Gasteiger partial charge in [-0.25, -0.2) is 0 Å². The van der Waals surface area contributed by atoms with Crippen LogP contribution in [0.2, 0.25) is 0 Å². The highest BCUT2D eigenvalue weighted by Crippen LogP contribution is 2.75. The quantitative estimate of drug-likeness (QED) is 0.479. The van der Waals surface area contributed by atoms with Gasteiger partial charge < -0.3 is 14.9 Å². The Bertz CT molecular complexity index is 1200. The molecule has 7 heteroatoms. The zero-order chi connectivity index (χ0) is 27.2. The molecule has 2 N–H and O–H groups in total. The van der Waals surface area contributed by atoms with Crippen molar-refractivity contribution in [1.82, 2.24) is 0 Å². The first-order chi connectivity index (χ1) is 17.0. The van der Waals surface area contributed by atoms with Gasteiger partial charge in [-0.3, -0.25) is 19.2 Å². The fourth-order valence-corrected chi connectivity index (χ4v) is 10.8. The number of aliphatic hydroxyl groups is 2. The fraction of sp³-hybridized carbons (Fsp3) is 0.800. The number of ketones is 3. The zero-order valence-electron chi connectivity index (χ0n) is 23.0. The van der Waals surface area contributed by atoms with Gasteiger partial charge in [0.15, 0.2) is 11.6 Å². The molecular formula is C30H40O7. The molecule has 6 aliphatic rings. The molecule has 0 amide bonds. The van der Waals surface area contributed by atoms with Crippen molar-refractivity contribution in [2.45, 2.75) is 98.4 Å². The van der Waals surface area contributed by atoms with Crippen molar-refractivity contribution in [3.63, 3.8) is 0 Å². The topological polar surface area (TPSA) is 118 Å². The molecule has 1 spiro atoms. The highest BCUT2D eigenvalue weighted by Gasteiger charge is 2.81. The Hall–Kier alpha value is -1.86. The molecular weight excluding hydrogens is 472 g/mol. The van der Waals surface area contributed by atoms with Gasteiger partial charge in [-0.05, 0) is 49.5 Å². The minimum atomic E-state index is -1.43. The first-order valence-corrected chi connectivity index (χ1v) is 14.0. The molecule has 0 aromatic rings. The van der Waals surface area contributed by atoms with Crippen LogP contribution in [0.1, 0.15) is 80.6 Å². The minimum absolute atomic E-state index is 0.0567. The average molecular weight is 513 g/mol. The predicted molar refractivity (Wildman–Crippen MR) is 133 cm³/mol. The van der Waals surface area contributed by atoms with E-state index in [0.29, 0.717) is 43.3 Å². The Morgan fingerprint density at radius 3 is 2.19 bits per heavy atom. The number of hydrogen-bond donors (Lipinski definition) is 2. The van der Waals surface area contributed by atoms with Crippen molar-refractivity contribution in [2.75, 3.05) is 0 Å². The van der Waals surface area contributed by atoms with Crippen LogP contribution in [0.15, 0.2) is 11.1 Å². The Morgan fingerprint density at radius 1 is 0.946 bits per heavy atom. The fourth-order valence-electron chi connectivity index (χ4n) is 10.8. The van der Waals surface area contributed by atoms with Crippen LogP contribution in [0, 0.1) is 51.2 Å². The first kappa shape index (κ1) is 25.4. The molecule has 0 aromatic heterocycles. The van der Waals surface area contributed by atoms with E-state index in [1.54, 1.807) is 0 Å². The monoisotopic (exact) mass is 512 g/mol. The molecule has 0 radical (unpaired) electrons. The maximum absolute atomic E-state index is 14.8. The summed E-state index contributed by atoms with van der Waals surface area (Å²) in [5, 5.41) is 23.7. The van der Waals surface area contributed by atoms with Crippen LogP contribution in [0.4, 0.5) is 0 Å². The van der Waals surface area contributed by atoms with Gasteiger partial charge in [-0.15, -0.1) is 0 Å². The van der Waals surface area contributed by atoms with Crippen molar-refractivity contribution in [3.8, 4) is 0 Å². The molecule has 6 rings (SSSR count). The Labute approximate surface area is 218 Å². The van der Waals surface area contributed by atoms with Crippen LogP contribution in [0.3, 0.4) is 0 Å². The summed E-state index contributed by atoms with van der Waals surface area (Å²) in [7, 11) is 0. The summed E-state index contributed by atoms with van der Waals surface area (Å²) in [5.74, 6) is -2.38. The van der Waals surface area contributed by atoms with Gasteiger partial charge in [0.2, 0.25) is 0 Å². The van der Waals surface area contributed by atoms with Crippen LogP contribution in [-0.2, 0) is 23.9 Å². The third-order valence-corrected chi connectivity index (χ3v) is 12.6. The molecule has 0 aromatic carbocycles. The molecule has 7 nitrogen and oxygen atoms in total. The van der Waals surface area contributed by atoms with Crippen molar-refractivity contribution < 1.29 is 34.1 Å². The molecule has 1 aliphatic heterocycles. The van der Waals surface area contributed by atoms with Crippen LogP contribution >= 0.6 is 0 Å². The van der Waals surface area contributed by atoms with E-state index in [-0.39, 0.29) is 41.2 Å². The highest BCUT2D eigenvalue weighted by molar-refractivity contribution is 6.09. The molecule has 11 atom stereocenters. The standard InChI is InChI=1S/C30H40O7/c1-13-11-30(12-14(2)25(36)37-30)21-18(13)28(6)24(35)22(33)20-19(29(28,7)23(21)34)15(31)10-16-26(3,4)17(32)8-9-27(16,20)5/h13-16,18,21,24,31,35H,8-12H2,1-7H3/t13?,14-,15+,16?,18?,21?,24-,27+,28+,29?,30+/m1/s1. The van der Waals surface area contributed by atoms with Crippen LogP contribution < -0.4 is 0 Å². The normalized spacial score (nSPS) is 54.2. The van der Waals surface area contributed by atoms with Gasteiger partial charge in [0.05, 0.1) is 23.4 Å². The van der Waals surface area contributed by atoms with E-state index in [9.17, 15) is 29.4 Å². The number of carbonyl (C=O) groups excluding carboxylic acids is 4. The lowest BCUT2D eigenvalue weighted by Gasteiger charge is -2.61. The number of ether oxygens (including phenoxy) is 1. The molecule has 5 unspecified atom stereocenters. The third kappa shape index (κ3) is 2.53. The zero-order valence-corrected chi connectivity index (χ0v) is 23.0. The van der Waals surface area contributed by atoms with E-state index in [2.05, 4.69) is 0 Å². The van der Waals surface area contributed by atoms with E-state index >= 15 is 0 Å². The van der Waals surface area contributed by atoms with Crippen LogP contribution in [0.25, 0.3) is 0 Å². The molecule has 1 saturated heterocycles. The summed E-state index contributed by atoms with van der Waals surface area (Å²) >= 11 is 0. The molecule has 37 heavy (non-hydrogen) atoms. The number of carbonyl (C=O) groups is 4. The van der Waals surface area contributed by atoms with Crippen molar-refractivity contribution in [3.05, 3.63) is 11.1 Å². The van der Waals surface area contributed by atoms with Crippen LogP contribution in [-0.4, -0.2) is 51.3 Å². The van der Waals surface area contributed by atoms with Crippen molar-refractivity contribution in [2.24, 2.45) is 51.2 Å². The third-order valence-electron chi connectivity index (χ3n) is 12.6. The number of aliphatic hydroxyl groups excluding tert-OH is 2. The van der Waals surface area contributed by atoms with Gasteiger partial charge in [-0.1, -0.05) is 41.5 Å². The summed E-state index contributed by atoms with van der Waals surface area (Å²) in [6.07, 6.45) is -0.460. The summed E-state index contributed by atoms with van der Waals surface area (Å²) in [6.45, 7) is 13.3. The molecule has 1 heterocycles. The average Bonchev–Trinajstić information content (AvgIpc) is 3.33. The van der Waals surface area contributed by atoms with E-state index in [0.717, 1.165) is 0 Å². The molecule has 3 saturated carbocycles. The van der Waals surface area contributed by atoms with Crippen molar-refractivity contribution >= 4 is 23.3 Å². The van der Waals surface area contributed by atoms with E-state index in [1.165, 1.54) is 0 Å². The Kier molecular flexibility index (Phi) is 4.82.